The van der Waals surface area contributed by atoms with E-state index in [2.05, 4.69) is 5.32 Å². The van der Waals surface area contributed by atoms with E-state index >= 15 is 0 Å². The largest absolute Gasteiger partial charge is 0.482 e. The highest BCUT2D eigenvalue weighted by atomic mass is 16.6. The van der Waals surface area contributed by atoms with Crippen LogP contribution >= 0.6 is 0 Å². The van der Waals surface area contributed by atoms with Crippen LogP contribution in [0.1, 0.15) is 54.2 Å². The van der Waals surface area contributed by atoms with Crippen LogP contribution < -0.4 is 20.4 Å². The number of ether oxygens (including phenoxy) is 2. The lowest BCUT2D eigenvalue weighted by atomic mass is 10.0. The highest BCUT2D eigenvalue weighted by Crippen LogP contribution is 2.26. The smallest absolute Gasteiger partial charge is 0.349 e. The summed E-state index contributed by atoms with van der Waals surface area (Å²) in [5.74, 6) is -0.0562. The molecular weight excluding hydrogens is 458 g/mol. The van der Waals surface area contributed by atoms with Crippen LogP contribution in [0.25, 0.3) is 11.0 Å². The molecule has 1 atom stereocenters. The average Bonchev–Trinajstić information content (AvgIpc) is 2.87. The first-order chi connectivity index (χ1) is 17.3. The molecule has 0 aliphatic heterocycles. The van der Waals surface area contributed by atoms with Gasteiger partial charge in [-0.3, -0.25) is 4.79 Å². The van der Waals surface area contributed by atoms with Crippen molar-refractivity contribution in [3.8, 4) is 11.5 Å². The first-order valence-corrected chi connectivity index (χ1v) is 11.7. The van der Waals surface area contributed by atoms with Gasteiger partial charge in [0.25, 0.3) is 5.91 Å². The fourth-order valence-corrected chi connectivity index (χ4v) is 3.80. The zero-order valence-corrected chi connectivity index (χ0v) is 20.3. The number of hydrogen-bond acceptors (Lipinski definition) is 6. The molecular formula is C29H27NO6. The molecule has 1 heterocycles. The average molecular weight is 486 g/mol. The van der Waals surface area contributed by atoms with Crippen molar-refractivity contribution in [3.63, 3.8) is 0 Å². The number of nitrogens with one attached hydrogen (secondary N) is 1. The Morgan fingerprint density at radius 1 is 0.917 bits per heavy atom. The molecule has 0 aliphatic rings. The number of fused-ring (bicyclic) bond motifs is 1. The molecule has 1 N–H and O–H groups in total. The maximum Gasteiger partial charge on any atom is 0.349 e. The lowest BCUT2D eigenvalue weighted by Crippen LogP contribution is -2.30. The third kappa shape index (κ3) is 5.81. The van der Waals surface area contributed by atoms with E-state index in [1.54, 1.807) is 12.1 Å². The number of benzene rings is 3. The monoisotopic (exact) mass is 485 g/mol. The van der Waals surface area contributed by atoms with Crippen molar-refractivity contribution in [1.29, 1.82) is 0 Å². The minimum absolute atomic E-state index is 0.104. The third-order valence-electron chi connectivity index (χ3n) is 5.72. The summed E-state index contributed by atoms with van der Waals surface area (Å²) in [6, 6.07) is 22.8. The Morgan fingerprint density at radius 2 is 1.64 bits per heavy atom. The quantitative estimate of drug-likeness (QED) is 0.204. The van der Waals surface area contributed by atoms with Gasteiger partial charge in [0.15, 0.2) is 6.61 Å². The van der Waals surface area contributed by atoms with E-state index in [0.717, 1.165) is 11.1 Å². The maximum absolute atomic E-state index is 12.7. The Labute approximate surface area is 208 Å². The zero-order chi connectivity index (χ0) is 25.7. The second-order valence-corrected chi connectivity index (χ2v) is 8.71. The molecule has 1 amide bonds. The predicted octanol–water partition coefficient (Wildman–Crippen LogP) is 5.39. The fourth-order valence-electron chi connectivity index (χ4n) is 3.80. The van der Waals surface area contributed by atoms with Crippen LogP contribution in [0.4, 0.5) is 0 Å². The predicted molar refractivity (Wildman–Crippen MR) is 136 cm³/mol. The van der Waals surface area contributed by atoms with Crippen LogP contribution in [0.5, 0.6) is 11.5 Å². The van der Waals surface area contributed by atoms with Gasteiger partial charge in [-0.25, -0.2) is 9.59 Å². The minimum atomic E-state index is -0.780. The highest BCUT2D eigenvalue weighted by molar-refractivity contribution is 5.97. The topological polar surface area (TPSA) is 94.8 Å². The SMILES string of the molecule is CC(C)c1ccccc1OCC(=O)Oc1ccc2cc(C(=O)NC(C)c3ccccc3)c(=O)oc2c1. The minimum Gasteiger partial charge on any atom is -0.482 e. The normalized spacial score (nSPS) is 11.8. The van der Waals surface area contributed by atoms with Crippen LogP contribution in [0.2, 0.25) is 0 Å². The molecule has 0 saturated carbocycles. The molecule has 3 aromatic carbocycles. The molecule has 1 unspecified atom stereocenters. The Kier molecular flexibility index (Phi) is 7.49. The van der Waals surface area contributed by atoms with E-state index in [1.807, 2.05) is 75.4 Å². The van der Waals surface area contributed by atoms with Crippen LogP contribution in [0.3, 0.4) is 0 Å². The van der Waals surface area contributed by atoms with E-state index in [0.29, 0.717) is 11.1 Å². The summed E-state index contributed by atoms with van der Waals surface area (Å²) in [5, 5.41) is 3.33. The summed E-state index contributed by atoms with van der Waals surface area (Å²) < 4.78 is 16.4. The molecule has 0 fully saturated rings. The number of rotatable bonds is 8. The van der Waals surface area contributed by atoms with Gasteiger partial charge < -0.3 is 19.2 Å². The number of hydrogen-bond donors (Lipinski definition) is 1. The molecule has 0 bridgehead atoms. The van der Waals surface area contributed by atoms with Crippen LogP contribution in [-0.4, -0.2) is 18.5 Å². The van der Waals surface area contributed by atoms with E-state index in [9.17, 15) is 14.4 Å². The van der Waals surface area contributed by atoms with Gasteiger partial charge in [-0.2, -0.15) is 0 Å². The first kappa shape index (κ1) is 24.7. The molecule has 4 rings (SSSR count). The Hall–Kier alpha value is -4.39. The zero-order valence-electron chi connectivity index (χ0n) is 20.3. The van der Waals surface area contributed by atoms with E-state index in [1.165, 1.54) is 12.1 Å². The van der Waals surface area contributed by atoms with Gasteiger partial charge in [0.1, 0.15) is 22.6 Å². The highest BCUT2D eigenvalue weighted by Gasteiger charge is 2.18. The van der Waals surface area contributed by atoms with Crippen molar-refractivity contribution in [2.24, 2.45) is 0 Å². The molecule has 0 aliphatic carbocycles. The lowest BCUT2D eigenvalue weighted by Gasteiger charge is -2.14. The Balaban J connectivity index is 1.44. The summed E-state index contributed by atoms with van der Waals surface area (Å²) >= 11 is 0. The second-order valence-electron chi connectivity index (χ2n) is 8.71. The molecule has 7 nitrogen and oxygen atoms in total. The molecule has 4 aromatic rings. The number of para-hydroxylation sites is 1. The molecule has 184 valence electrons. The van der Waals surface area contributed by atoms with Gasteiger partial charge in [0.2, 0.25) is 0 Å². The molecule has 1 aromatic heterocycles. The van der Waals surface area contributed by atoms with Crippen molar-refractivity contribution in [2.75, 3.05) is 6.61 Å². The third-order valence-corrected chi connectivity index (χ3v) is 5.72. The summed E-state index contributed by atoms with van der Waals surface area (Å²) in [7, 11) is 0. The second kappa shape index (κ2) is 10.9. The van der Waals surface area contributed by atoms with Crippen molar-refractivity contribution < 1.29 is 23.5 Å². The van der Waals surface area contributed by atoms with Gasteiger partial charge >= 0.3 is 11.6 Å². The van der Waals surface area contributed by atoms with Gasteiger partial charge in [0, 0.05) is 11.5 Å². The summed E-state index contributed by atoms with van der Waals surface area (Å²) in [4.78, 5) is 37.6. The number of esters is 1. The van der Waals surface area contributed by atoms with Gasteiger partial charge in [-0.05, 0) is 48.2 Å². The van der Waals surface area contributed by atoms with Gasteiger partial charge in [0.05, 0.1) is 6.04 Å². The molecule has 0 radical (unpaired) electrons. The van der Waals surface area contributed by atoms with E-state index < -0.39 is 17.5 Å². The fraction of sp³-hybridized carbons (Fsp3) is 0.207. The standard InChI is InChI=1S/C29H27NO6/c1-18(2)23-11-7-8-12-25(23)34-17-27(31)35-22-14-13-21-15-24(29(33)36-26(21)16-22)28(32)30-19(3)20-9-5-4-6-10-20/h4-16,18-19H,17H2,1-3H3,(H,30,32). The van der Waals surface area contributed by atoms with Gasteiger partial charge in [-0.15, -0.1) is 0 Å². The molecule has 0 saturated heterocycles. The number of carbonyl (C=O) groups is 2. The van der Waals surface area contributed by atoms with Crippen LogP contribution in [0, 0.1) is 0 Å². The first-order valence-electron chi connectivity index (χ1n) is 11.7. The molecule has 0 spiro atoms. The maximum atomic E-state index is 12.7. The molecule has 36 heavy (non-hydrogen) atoms. The summed E-state index contributed by atoms with van der Waals surface area (Å²) in [5.41, 5.74) is 1.23. The molecule has 7 heteroatoms. The van der Waals surface area contributed by atoms with Crippen molar-refractivity contribution in [3.05, 3.63) is 106 Å². The van der Waals surface area contributed by atoms with Crippen molar-refractivity contribution in [2.45, 2.75) is 32.7 Å². The van der Waals surface area contributed by atoms with E-state index in [-0.39, 0.29) is 35.5 Å². The Bertz CT molecular complexity index is 1440. The van der Waals surface area contributed by atoms with Gasteiger partial charge in [-0.1, -0.05) is 62.4 Å². The van der Waals surface area contributed by atoms with Crippen LogP contribution in [0.15, 0.2) is 88.1 Å². The van der Waals surface area contributed by atoms with Crippen LogP contribution in [-0.2, 0) is 4.79 Å². The lowest BCUT2D eigenvalue weighted by molar-refractivity contribution is -0.136. The van der Waals surface area contributed by atoms with Crippen molar-refractivity contribution >= 4 is 22.8 Å². The van der Waals surface area contributed by atoms with E-state index in [4.69, 9.17) is 13.9 Å². The number of amides is 1. The number of carbonyl (C=O) groups excluding carboxylic acids is 2. The summed E-state index contributed by atoms with van der Waals surface area (Å²) in [6.45, 7) is 5.65. The summed E-state index contributed by atoms with van der Waals surface area (Å²) in [6.07, 6.45) is 0. The van der Waals surface area contributed by atoms with Crippen molar-refractivity contribution in [1.82, 2.24) is 5.32 Å². The Morgan fingerprint density at radius 3 is 2.39 bits per heavy atom.